The van der Waals surface area contributed by atoms with Gasteiger partial charge in [0.15, 0.2) is 11.5 Å². The van der Waals surface area contributed by atoms with Crippen molar-refractivity contribution in [1.82, 2.24) is 0 Å². The molecule has 0 spiro atoms. The fraction of sp³-hybridized carbons (Fsp3) is 0.190. The molecule has 0 saturated carbocycles. The number of carboxylic acid groups (broad SMARTS) is 1. The second-order valence-electron chi connectivity index (χ2n) is 6.30. The van der Waals surface area contributed by atoms with E-state index in [0.29, 0.717) is 45.1 Å². The summed E-state index contributed by atoms with van der Waals surface area (Å²) in [7, 11) is 1.54. The molecule has 2 aromatic rings. The molecule has 1 amide bonds. The Balaban J connectivity index is 1.98. The molecule has 0 aliphatic carbocycles. The van der Waals surface area contributed by atoms with Gasteiger partial charge in [-0.3, -0.25) is 4.79 Å². The molecule has 1 aliphatic heterocycles. The van der Waals surface area contributed by atoms with Crippen LogP contribution in [0.1, 0.15) is 29.8 Å². The second kappa shape index (κ2) is 8.89. The summed E-state index contributed by atoms with van der Waals surface area (Å²) >= 11 is 9.39. The van der Waals surface area contributed by atoms with Crippen molar-refractivity contribution in [3.63, 3.8) is 0 Å². The molecule has 0 saturated heterocycles. The van der Waals surface area contributed by atoms with E-state index in [1.165, 1.54) is 19.2 Å². The molecule has 156 valence electrons. The number of methoxy groups -OCH3 is 1. The third-order valence-corrected chi connectivity index (χ3v) is 5.26. The topological polar surface area (TPSA) is 88.4 Å². The lowest BCUT2D eigenvalue weighted by molar-refractivity contribution is -0.114. The van der Waals surface area contributed by atoms with Crippen LogP contribution in [0, 0.1) is 0 Å². The number of ether oxygens (including phenoxy) is 2. The Morgan fingerprint density at radius 3 is 2.70 bits per heavy atom. The van der Waals surface area contributed by atoms with Crippen molar-refractivity contribution >= 4 is 56.9 Å². The van der Waals surface area contributed by atoms with Gasteiger partial charge in [-0.2, -0.15) is 10.1 Å². The minimum absolute atomic E-state index is 0.0840. The Bertz CT molecular complexity index is 1100. The Labute approximate surface area is 186 Å². The van der Waals surface area contributed by atoms with Crippen molar-refractivity contribution < 1.29 is 24.2 Å². The number of rotatable bonds is 6. The van der Waals surface area contributed by atoms with E-state index in [9.17, 15) is 14.7 Å². The number of hydrazone groups is 1. The van der Waals surface area contributed by atoms with Gasteiger partial charge in [0.2, 0.25) is 0 Å². The minimum Gasteiger partial charge on any atom is -0.493 e. The summed E-state index contributed by atoms with van der Waals surface area (Å²) < 4.78 is 11.7. The first-order valence-electron chi connectivity index (χ1n) is 8.91. The van der Waals surface area contributed by atoms with Crippen molar-refractivity contribution in [2.45, 2.75) is 13.8 Å². The number of carbonyl (C=O) groups excluding carboxylic acids is 1. The van der Waals surface area contributed by atoms with Crippen LogP contribution >= 0.6 is 27.5 Å². The van der Waals surface area contributed by atoms with E-state index < -0.39 is 5.97 Å². The maximum absolute atomic E-state index is 13.0. The van der Waals surface area contributed by atoms with Crippen LogP contribution in [0.4, 0.5) is 5.69 Å². The zero-order valence-corrected chi connectivity index (χ0v) is 18.7. The normalized spacial score (nSPS) is 14.8. The number of hydrogen-bond acceptors (Lipinski definition) is 5. The molecular weight excluding hydrogens is 476 g/mol. The largest absolute Gasteiger partial charge is 0.493 e. The Morgan fingerprint density at radius 1 is 1.33 bits per heavy atom. The van der Waals surface area contributed by atoms with E-state index in [2.05, 4.69) is 21.0 Å². The van der Waals surface area contributed by atoms with Crippen LogP contribution in [0.3, 0.4) is 0 Å². The molecule has 0 atom stereocenters. The van der Waals surface area contributed by atoms with Gasteiger partial charge in [0.1, 0.15) is 0 Å². The lowest BCUT2D eigenvalue weighted by atomic mass is 10.1. The molecule has 0 fully saturated rings. The zero-order chi connectivity index (χ0) is 22.0. The summed E-state index contributed by atoms with van der Waals surface area (Å²) in [5.41, 5.74) is 1.79. The van der Waals surface area contributed by atoms with E-state index in [1.54, 1.807) is 25.1 Å². The molecular formula is C21H18BrClN2O5. The van der Waals surface area contributed by atoms with E-state index in [0.717, 1.165) is 5.01 Å². The lowest BCUT2D eigenvalue weighted by Crippen LogP contribution is -2.21. The fourth-order valence-electron chi connectivity index (χ4n) is 2.94. The average molecular weight is 494 g/mol. The number of halogens is 2. The van der Waals surface area contributed by atoms with Gasteiger partial charge in [0.05, 0.1) is 45.7 Å². The van der Waals surface area contributed by atoms with Gasteiger partial charge in [-0.25, -0.2) is 4.79 Å². The summed E-state index contributed by atoms with van der Waals surface area (Å²) in [6, 6.07) is 7.86. The third kappa shape index (κ3) is 4.20. The van der Waals surface area contributed by atoms with E-state index in [-0.39, 0.29) is 16.5 Å². The first kappa shape index (κ1) is 21.9. The van der Waals surface area contributed by atoms with Gasteiger partial charge >= 0.3 is 5.97 Å². The quantitative estimate of drug-likeness (QED) is 0.571. The highest BCUT2D eigenvalue weighted by Gasteiger charge is 2.29. The van der Waals surface area contributed by atoms with Crippen LogP contribution in [0.2, 0.25) is 5.02 Å². The fourth-order valence-corrected chi connectivity index (χ4v) is 3.71. The number of aromatic carboxylic acids is 1. The number of carboxylic acids is 1. The summed E-state index contributed by atoms with van der Waals surface area (Å²) in [4.78, 5) is 24.3. The number of nitrogens with zero attached hydrogens (tertiary/aromatic N) is 2. The number of amides is 1. The van der Waals surface area contributed by atoms with Crippen LogP contribution < -0.4 is 14.5 Å². The molecule has 7 nitrogen and oxygen atoms in total. The maximum atomic E-state index is 13.0. The van der Waals surface area contributed by atoms with Crippen molar-refractivity contribution in [3.8, 4) is 11.5 Å². The summed E-state index contributed by atoms with van der Waals surface area (Å²) in [6.45, 7) is 4.06. The van der Waals surface area contributed by atoms with Gasteiger partial charge in [-0.1, -0.05) is 11.6 Å². The predicted molar refractivity (Wildman–Crippen MR) is 119 cm³/mol. The average Bonchev–Trinajstić information content (AvgIpc) is 2.98. The number of hydrogen-bond donors (Lipinski definition) is 1. The van der Waals surface area contributed by atoms with E-state index in [1.807, 2.05) is 13.0 Å². The number of anilines is 1. The molecule has 0 unspecified atom stereocenters. The Kier molecular flexibility index (Phi) is 6.48. The molecule has 1 N–H and O–H groups in total. The third-order valence-electron chi connectivity index (χ3n) is 4.34. The second-order valence-corrected chi connectivity index (χ2v) is 7.56. The van der Waals surface area contributed by atoms with Crippen LogP contribution in [0.15, 0.2) is 45.5 Å². The smallest absolute Gasteiger partial charge is 0.337 e. The summed E-state index contributed by atoms with van der Waals surface area (Å²) in [5, 5.41) is 14.8. The van der Waals surface area contributed by atoms with Crippen LogP contribution in [0.25, 0.3) is 6.08 Å². The van der Waals surface area contributed by atoms with Gasteiger partial charge < -0.3 is 14.6 Å². The predicted octanol–water partition coefficient (Wildman–Crippen LogP) is 5.01. The zero-order valence-electron chi connectivity index (χ0n) is 16.4. The molecule has 0 bridgehead atoms. The highest BCUT2D eigenvalue weighted by atomic mass is 79.9. The Morgan fingerprint density at radius 2 is 2.07 bits per heavy atom. The molecule has 0 aromatic heterocycles. The van der Waals surface area contributed by atoms with Crippen molar-refractivity contribution in [2.75, 3.05) is 18.7 Å². The minimum atomic E-state index is -1.18. The first-order valence-corrected chi connectivity index (χ1v) is 10.1. The van der Waals surface area contributed by atoms with Crippen molar-refractivity contribution in [1.29, 1.82) is 0 Å². The Hall–Kier alpha value is -2.84. The summed E-state index contributed by atoms with van der Waals surface area (Å²) in [6.07, 6.45) is 1.69. The molecule has 30 heavy (non-hydrogen) atoms. The first-order chi connectivity index (χ1) is 14.3. The van der Waals surface area contributed by atoms with Gasteiger partial charge in [-0.15, -0.1) is 0 Å². The maximum Gasteiger partial charge on any atom is 0.337 e. The van der Waals surface area contributed by atoms with Gasteiger partial charge in [0.25, 0.3) is 5.91 Å². The molecule has 0 radical (unpaired) electrons. The molecule has 1 heterocycles. The highest BCUT2D eigenvalue weighted by molar-refractivity contribution is 9.10. The number of benzene rings is 2. The SMILES string of the molecule is CCOc1c(Br)cc(C=C2C(=O)N(c3ccc(Cl)c(C(=O)O)c3)N=C2C)cc1OC. The van der Waals surface area contributed by atoms with Crippen LogP contribution in [0.5, 0.6) is 11.5 Å². The standard InChI is InChI=1S/C21H18BrClN2O5/c1-4-30-19-16(22)8-12(9-18(19)29-3)7-14-11(2)24-25(20(14)26)13-5-6-17(23)15(10-13)21(27)28/h5-10H,4H2,1-3H3,(H,27,28). The van der Waals surface area contributed by atoms with Crippen molar-refractivity contribution in [2.24, 2.45) is 5.10 Å². The summed E-state index contributed by atoms with van der Waals surface area (Å²) in [5.74, 6) is -0.459. The molecule has 2 aromatic carbocycles. The number of carbonyl (C=O) groups is 2. The van der Waals surface area contributed by atoms with E-state index >= 15 is 0 Å². The van der Waals surface area contributed by atoms with Crippen LogP contribution in [-0.4, -0.2) is 36.4 Å². The van der Waals surface area contributed by atoms with Gasteiger partial charge in [-0.05, 0) is 71.7 Å². The van der Waals surface area contributed by atoms with Crippen LogP contribution in [-0.2, 0) is 4.79 Å². The van der Waals surface area contributed by atoms with E-state index in [4.69, 9.17) is 21.1 Å². The van der Waals surface area contributed by atoms with Crippen molar-refractivity contribution in [3.05, 3.63) is 56.5 Å². The monoisotopic (exact) mass is 492 g/mol. The van der Waals surface area contributed by atoms with Gasteiger partial charge in [0, 0.05) is 0 Å². The molecule has 9 heteroatoms. The lowest BCUT2D eigenvalue weighted by Gasteiger charge is -2.13. The highest BCUT2D eigenvalue weighted by Crippen LogP contribution is 2.38. The molecule has 3 rings (SSSR count). The molecule has 1 aliphatic rings.